The normalized spacial score (nSPS) is 19.1. The molecule has 0 saturated heterocycles. The highest BCUT2D eigenvalue weighted by atomic mass is 16.5. The molecule has 2 aromatic heterocycles. The van der Waals surface area contributed by atoms with Crippen LogP contribution in [-0.4, -0.2) is 39.0 Å². The van der Waals surface area contributed by atoms with Gasteiger partial charge in [0, 0.05) is 17.1 Å². The zero-order valence-electron chi connectivity index (χ0n) is 17.0. The summed E-state index contributed by atoms with van der Waals surface area (Å²) in [5, 5.41) is 13.0. The number of fused-ring (bicyclic) bond motifs is 1. The van der Waals surface area contributed by atoms with E-state index in [1.165, 1.54) is 0 Å². The molecule has 158 valence electrons. The van der Waals surface area contributed by atoms with Crippen LogP contribution in [0.3, 0.4) is 0 Å². The van der Waals surface area contributed by atoms with E-state index in [-0.39, 0.29) is 30.3 Å². The summed E-state index contributed by atoms with van der Waals surface area (Å²) >= 11 is 0. The number of hydrogen-bond acceptors (Lipinski definition) is 7. The zero-order valence-corrected chi connectivity index (χ0v) is 17.0. The number of aromatic nitrogens is 3. The predicted molar refractivity (Wildman–Crippen MR) is 117 cm³/mol. The van der Waals surface area contributed by atoms with Crippen LogP contribution in [0.5, 0.6) is 0 Å². The number of hydrogen-bond donors (Lipinski definition) is 3. The van der Waals surface area contributed by atoms with Gasteiger partial charge in [-0.25, -0.2) is 4.98 Å². The van der Waals surface area contributed by atoms with Gasteiger partial charge in [0.15, 0.2) is 0 Å². The Morgan fingerprint density at radius 1 is 1.20 bits per heavy atom. The number of para-hydroxylation sites is 1. The molecule has 0 atom stereocenters. The van der Waals surface area contributed by atoms with E-state index in [0.29, 0.717) is 17.9 Å². The smallest absolute Gasteiger partial charge is 0.276 e. The maximum Gasteiger partial charge on any atom is 0.276 e. The van der Waals surface area contributed by atoms with E-state index in [0.717, 1.165) is 42.5 Å². The molecule has 1 aromatic carbocycles. The van der Waals surface area contributed by atoms with Gasteiger partial charge in [0.2, 0.25) is 5.95 Å². The number of ether oxygens (including phenoxy) is 1. The van der Waals surface area contributed by atoms with Crippen LogP contribution in [0.15, 0.2) is 41.2 Å². The average Bonchev–Trinajstić information content (AvgIpc) is 2.75. The number of nitrogens with zero attached hydrogens (tertiary/aromatic N) is 3. The zero-order chi connectivity index (χ0) is 21.1. The highest BCUT2D eigenvalue weighted by molar-refractivity contribution is 5.83. The molecule has 1 aliphatic rings. The molecule has 8 nitrogen and oxygen atoms in total. The fourth-order valence-corrected chi connectivity index (χ4v) is 4.17. The fraction of sp³-hybridized carbons (Fsp3) is 0.409. The van der Waals surface area contributed by atoms with Gasteiger partial charge in [-0.2, -0.15) is 4.98 Å². The first-order valence-corrected chi connectivity index (χ1v) is 10.3. The first-order valence-electron chi connectivity index (χ1n) is 10.3. The number of aryl methyl sites for hydroxylation is 1. The van der Waals surface area contributed by atoms with E-state index < -0.39 is 0 Å². The fourth-order valence-electron chi connectivity index (χ4n) is 4.17. The second kappa shape index (κ2) is 8.81. The molecule has 0 bridgehead atoms. The van der Waals surface area contributed by atoms with E-state index in [9.17, 15) is 4.79 Å². The van der Waals surface area contributed by atoms with Crippen LogP contribution >= 0.6 is 0 Å². The second-order valence-corrected chi connectivity index (χ2v) is 7.65. The summed E-state index contributed by atoms with van der Waals surface area (Å²) < 4.78 is 7.45. The largest absolute Gasteiger partial charge is 0.394 e. The first-order chi connectivity index (χ1) is 14.6. The predicted octanol–water partition coefficient (Wildman–Crippen LogP) is 2.92. The van der Waals surface area contributed by atoms with E-state index in [2.05, 4.69) is 15.3 Å². The van der Waals surface area contributed by atoms with Crippen LogP contribution in [0.2, 0.25) is 0 Å². The van der Waals surface area contributed by atoms with Crippen molar-refractivity contribution in [1.82, 2.24) is 14.5 Å². The Labute approximate surface area is 174 Å². The molecular formula is C22H27N5O3. The monoisotopic (exact) mass is 409 g/mol. The molecule has 1 fully saturated rings. The third kappa shape index (κ3) is 4.15. The molecule has 0 unspecified atom stereocenters. The van der Waals surface area contributed by atoms with Crippen LogP contribution in [0.1, 0.15) is 37.4 Å². The van der Waals surface area contributed by atoms with Gasteiger partial charge in [-0.05, 0) is 50.8 Å². The van der Waals surface area contributed by atoms with Crippen molar-refractivity contribution in [3.63, 3.8) is 0 Å². The Balaban J connectivity index is 1.75. The van der Waals surface area contributed by atoms with Gasteiger partial charge < -0.3 is 20.9 Å². The van der Waals surface area contributed by atoms with Crippen molar-refractivity contribution < 1.29 is 9.84 Å². The van der Waals surface area contributed by atoms with Crippen LogP contribution in [-0.2, 0) is 4.74 Å². The highest BCUT2D eigenvalue weighted by Gasteiger charge is 2.26. The first kappa shape index (κ1) is 20.3. The quantitative estimate of drug-likeness (QED) is 0.573. The lowest BCUT2D eigenvalue weighted by Crippen LogP contribution is -2.32. The summed E-state index contributed by atoms with van der Waals surface area (Å²) in [7, 11) is 0. The molecule has 3 aromatic rings. The van der Waals surface area contributed by atoms with Crippen molar-refractivity contribution in [2.24, 2.45) is 0 Å². The number of aliphatic hydroxyl groups is 1. The topological polar surface area (TPSA) is 115 Å². The van der Waals surface area contributed by atoms with Crippen molar-refractivity contribution in [3.8, 4) is 0 Å². The number of anilines is 3. The van der Waals surface area contributed by atoms with Crippen molar-refractivity contribution in [2.45, 2.75) is 44.8 Å². The summed E-state index contributed by atoms with van der Waals surface area (Å²) in [5.41, 5.74) is 8.44. The molecule has 4 rings (SSSR count). The summed E-state index contributed by atoms with van der Waals surface area (Å²) in [4.78, 5) is 22.2. The lowest BCUT2D eigenvalue weighted by atomic mass is 9.92. The number of nitrogens with one attached hydrogen (secondary N) is 1. The van der Waals surface area contributed by atoms with Crippen LogP contribution < -0.4 is 16.6 Å². The summed E-state index contributed by atoms with van der Waals surface area (Å²) in [6.45, 7) is 2.24. The Kier molecular flexibility index (Phi) is 5.96. The Hall–Kier alpha value is -2.97. The van der Waals surface area contributed by atoms with Gasteiger partial charge in [-0.15, -0.1) is 0 Å². The molecule has 0 spiro atoms. The number of nitrogens with two attached hydrogens (primary N) is 1. The molecule has 0 aliphatic heterocycles. The minimum atomic E-state index is -0.122. The molecule has 1 saturated carbocycles. The maximum atomic E-state index is 13.5. The van der Waals surface area contributed by atoms with Gasteiger partial charge in [0.1, 0.15) is 11.3 Å². The van der Waals surface area contributed by atoms with Crippen molar-refractivity contribution in [3.05, 3.63) is 52.4 Å². The van der Waals surface area contributed by atoms with Gasteiger partial charge >= 0.3 is 0 Å². The van der Waals surface area contributed by atoms with Crippen molar-refractivity contribution >= 4 is 28.4 Å². The Bertz CT molecular complexity index is 1080. The van der Waals surface area contributed by atoms with Gasteiger partial charge in [0.05, 0.1) is 25.0 Å². The standard InChI is InChI=1S/C22H27N5O3/c1-14-18-13-19(25-15-5-3-2-4-6-15)21(29)27(20(18)26-22(23)24-14)16-7-9-17(10-8-16)30-12-11-28/h2-6,13,16-17,25,28H,7-12H2,1H3,(H2,23,24,26). The van der Waals surface area contributed by atoms with Crippen LogP contribution in [0, 0.1) is 6.92 Å². The number of pyridine rings is 1. The molecule has 0 radical (unpaired) electrons. The molecular weight excluding hydrogens is 382 g/mol. The molecule has 8 heteroatoms. The van der Waals surface area contributed by atoms with Crippen molar-refractivity contribution in [1.29, 1.82) is 0 Å². The summed E-state index contributed by atoms with van der Waals surface area (Å²) in [6.07, 6.45) is 3.36. The highest BCUT2D eigenvalue weighted by Crippen LogP contribution is 2.32. The summed E-state index contributed by atoms with van der Waals surface area (Å²) in [6, 6.07) is 11.4. The van der Waals surface area contributed by atoms with E-state index >= 15 is 0 Å². The third-order valence-electron chi connectivity index (χ3n) is 5.61. The average molecular weight is 409 g/mol. The van der Waals surface area contributed by atoms with E-state index in [4.69, 9.17) is 15.6 Å². The Morgan fingerprint density at radius 2 is 1.93 bits per heavy atom. The van der Waals surface area contributed by atoms with Crippen molar-refractivity contribution in [2.75, 3.05) is 24.3 Å². The minimum Gasteiger partial charge on any atom is -0.394 e. The van der Waals surface area contributed by atoms with Gasteiger partial charge in [-0.1, -0.05) is 18.2 Å². The lowest BCUT2D eigenvalue weighted by Gasteiger charge is -2.30. The molecule has 2 heterocycles. The maximum absolute atomic E-state index is 13.5. The molecule has 4 N–H and O–H groups in total. The van der Waals surface area contributed by atoms with E-state index in [1.807, 2.05) is 43.3 Å². The van der Waals surface area contributed by atoms with Gasteiger partial charge in [-0.3, -0.25) is 9.36 Å². The SMILES string of the molecule is Cc1nc(N)nc2c1cc(Nc1ccccc1)c(=O)n2C1CCC(OCCO)CC1. The number of rotatable bonds is 6. The third-order valence-corrected chi connectivity index (χ3v) is 5.61. The van der Waals surface area contributed by atoms with Crippen LogP contribution in [0.25, 0.3) is 11.0 Å². The van der Waals surface area contributed by atoms with E-state index in [1.54, 1.807) is 4.57 Å². The number of aliphatic hydroxyl groups excluding tert-OH is 1. The minimum absolute atomic E-state index is 0.000185. The Morgan fingerprint density at radius 3 is 2.63 bits per heavy atom. The number of nitrogen functional groups attached to an aromatic ring is 1. The molecule has 1 aliphatic carbocycles. The summed E-state index contributed by atoms with van der Waals surface area (Å²) in [5.74, 6) is 0.164. The van der Waals surface area contributed by atoms with Crippen LogP contribution in [0.4, 0.5) is 17.3 Å². The second-order valence-electron chi connectivity index (χ2n) is 7.65. The molecule has 0 amide bonds. The lowest BCUT2D eigenvalue weighted by molar-refractivity contribution is 0.00169. The van der Waals surface area contributed by atoms with Gasteiger partial charge in [0.25, 0.3) is 5.56 Å². The number of benzene rings is 1. The molecule has 30 heavy (non-hydrogen) atoms.